The number of carboxylic acids is 2. The van der Waals surface area contributed by atoms with Gasteiger partial charge in [-0.2, -0.15) is 0 Å². The fraction of sp³-hybridized carbons (Fsp3) is 0.714. The van der Waals surface area contributed by atoms with Crippen LogP contribution in [0.2, 0.25) is 0 Å². The molecule has 13 heavy (non-hydrogen) atoms. The van der Waals surface area contributed by atoms with Gasteiger partial charge in [-0.3, -0.25) is 9.59 Å². The second kappa shape index (κ2) is 5.50. The normalized spacial score (nSPS) is 14.9. The van der Waals surface area contributed by atoms with Crippen molar-refractivity contribution in [3.05, 3.63) is 0 Å². The highest BCUT2D eigenvalue weighted by Crippen LogP contribution is 2.01. The fourth-order valence-electron chi connectivity index (χ4n) is 0.843. The van der Waals surface area contributed by atoms with Gasteiger partial charge in [0.25, 0.3) is 0 Å². The van der Waals surface area contributed by atoms with Gasteiger partial charge in [0.15, 0.2) is 0 Å². The van der Waals surface area contributed by atoms with Gasteiger partial charge in [0.05, 0.1) is 6.42 Å². The van der Waals surface area contributed by atoms with E-state index in [4.69, 9.17) is 21.7 Å². The number of aliphatic carboxylic acids is 2. The van der Waals surface area contributed by atoms with E-state index in [1.807, 2.05) is 0 Å². The lowest BCUT2D eigenvalue weighted by molar-refractivity contribution is -0.138. The zero-order chi connectivity index (χ0) is 10.4. The Hall–Kier alpha value is -1.14. The highest BCUT2D eigenvalue weighted by atomic mass is 16.4. The predicted octanol–water partition coefficient (Wildman–Crippen LogP) is -1.02. The molecule has 0 saturated carbocycles. The Morgan fingerprint density at radius 2 is 1.69 bits per heavy atom. The van der Waals surface area contributed by atoms with Crippen molar-refractivity contribution in [2.75, 3.05) is 0 Å². The van der Waals surface area contributed by atoms with Crippen molar-refractivity contribution in [2.24, 2.45) is 11.5 Å². The third kappa shape index (κ3) is 6.06. The number of carbonyl (C=O) groups is 2. The lowest BCUT2D eigenvalue weighted by atomic mass is 10.1. The molecule has 0 aromatic heterocycles. The highest BCUT2D eigenvalue weighted by Gasteiger charge is 2.14. The van der Waals surface area contributed by atoms with E-state index in [-0.39, 0.29) is 12.8 Å². The van der Waals surface area contributed by atoms with E-state index in [9.17, 15) is 9.59 Å². The van der Waals surface area contributed by atoms with Crippen molar-refractivity contribution >= 4 is 11.9 Å². The molecule has 2 unspecified atom stereocenters. The van der Waals surface area contributed by atoms with Gasteiger partial charge in [-0.05, 0) is 12.8 Å². The molecule has 6 N–H and O–H groups in total. The third-order valence-corrected chi connectivity index (χ3v) is 1.60. The van der Waals surface area contributed by atoms with Crippen LogP contribution in [-0.4, -0.2) is 34.2 Å². The summed E-state index contributed by atoms with van der Waals surface area (Å²) in [4.78, 5) is 20.4. The van der Waals surface area contributed by atoms with E-state index in [0.717, 1.165) is 0 Å². The van der Waals surface area contributed by atoms with Crippen molar-refractivity contribution < 1.29 is 19.8 Å². The Balaban J connectivity index is 3.63. The Labute approximate surface area is 75.5 Å². The molecule has 0 aliphatic heterocycles. The predicted molar refractivity (Wildman–Crippen MR) is 45.1 cm³/mol. The molecule has 0 radical (unpaired) electrons. The molecule has 0 saturated heterocycles. The average Bonchev–Trinajstić information content (AvgIpc) is 1.98. The quantitative estimate of drug-likeness (QED) is 0.424. The van der Waals surface area contributed by atoms with Crippen LogP contribution in [0, 0.1) is 0 Å². The SMILES string of the molecule is NC(CCC(N)C(=O)O)CC(=O)O. The molecule has 0 rings (SSSR count). The van der Waals surface area contributed by atoms with Crippen LogP contribution < -0.4 is 11.5 Å². The summed E-state index contributed by atoms with van der Waals surface area (Å²) in [6.45, 7) is 0. The fourth-order valence-corrected chi connectivity index (χ4v) is 0.843. The Kier molecular flexibility index (Phi) is 5.01. The first kappa shape index (κ1) is 11.9. The summed E-state index contributed by atoms with van der Waals surface area (Å²) in [6.07, 6.45) is 0.343. The molecule has 0 fully saturated rings. The maximum Gasteiger partial charge on any atom is 0.320 e. The third-order valence-electron chi connectivity index (χ3n) is 1.60. The number of nitrogens with two attached hydrogens (primary N) is 2. The lowest BCUT2D eigenvalue weighted by Crippen LogP contribution is -2.33. The van der Waals surface area contributed by atoms with Crippen LogP contribution in [0.4, 0.5) is 0 Å². The Morgan fingerprint density at radius 1 is 1.15 bits per heavy atom. The van der Waals surface area contributed by atoms with E-state index in [2.05, 4.69) is 0 Å². The summed E-state index contributed by atoms with van der Waals surface area (Å²) in [5, 5.41) is 16.7. The van der Waals surface area contributed by atoms with Crippen molar-refractivity contribution in [3.8, 4) is 0 Å². The second-order valence-electron chi connectivity index (χ2n) is 2.88. The van der Waals surface area contributed by atoms with Gasteiger partial charge < -0.3 is 21.7 Å². The number of carboxylic acid groups (broad SMARTS) is 2. The lowest BCUT2D eigenvalue weighted by Gasteiger charge is -2.10. The molecule has 6 heteroatoms. The van der Waals surface area contributed by atoms with Crippen LogP contribution in [0.5, 0.6) is 0 Å². The molecule has 0 heterocycles. The maximum atomic E-state index is 10.3. The van der Waals surface area contributed by atoms with Crippen LogP contribution >= 0.6 is 0 Å². The minimum absolute atomic E-state index is 0.160. The molecule has 0 spiro atoms. The Morgan fingerprint density at radius 3 is 2.08 bits per heavy atom. The first-order valence-electron chi connectivity index (χ1n) is 3.89. The summed E-state index contributed by atoms with van der Waals surface area (Å²) in [5.74, 6) is -2.08. The summed E-state index contributed by atoms with van der Waals surface area (Å²) in [5.41, 5.74) is 10.6. The number of rotatable bonds is 6. The van der Waals surface area contributed by atoms with Gasteiger partial charge in [-0.15, -0.1) is 0 Å². The van der Waals surface area contributed by atoms with Gasteiger partial charge in [0.1, 0.15) is 6.04 Å². The molecule has 0 aromatic carbocycles. The first-order valence-corrected chi connectivity index (χ1v) is 3.89. The van der Waals surface area contributed by atoms with Crippen LogP contribution in [0.15, 0.2) is 0 Å². The van der Waals surface area contributed by atoms with Crippen LogP contribution in [-0.2, 0) is 9.59 Å². The largest absolute Gasteiger partial charge is 0.481 e. The zero-order valence-corrected chi connectivity index (χ0v) is 7.14. The van der Waals surface area contributed by atoms with Gasteiger partial charge in [-0.25, -0.2) is 0 Å². The van der Waals surface area contributed by atoms with E-state index < -0.39 is 24.0 Å². The molecular weight excluding hydrogens is 176 g/mol. The van der Waals surface area contributed by atoms with E-state index in [0.29, 0.717) is 6.42 Å². The standard InChI is InChI=1S/C7H14N2O4/c8-4(3-6(10)11)1-2-5(9)7(12)13/h4-5H,1-3,8-9H2,(H,10,11)(H,12,13). The minimum Gasteiger partial charge on any atom is -0.481 e. The number of hydrogen-bond donors (Lipinski definition) is 4. The molecule has 0 bridgehead atoms. The van der Waals surface area contributed by atoms with Crippen molar-refractivity contribution in [3.63, 3.8) is 0 Å². The smallest absolute Gasteiger partial charge is 0.320 e. The molecule has 2 atom stereocenters. The van der Waals surface area contributed by atoms with Crippen LogP contribution in [0.25, 0.3) is 0 Å². The number of hydrogen-bond acceptors (Lipinski definition) is 4. The molecule has 0 aromatic rings. The summed E-state index contributed by atoms with van der Waals surface area (Å²) >= 11 is 0. The van der Waals surface area contributed by atoms with Gasteiger partial charge in [0.2, 0.25) is 0 Å². The molecule has 0 amide bonds. The highest BCUT2D eigenvalue weighted by molar-refractivity contribution is 5.73. The van der Waals surface area contributed by atoms with Crippen molar-refractivity contribution in [1.82, 2.24) is 0 Å². The van der Waals surface area contributed by atoms with Crippen molar-refractivity contribution in [1.29, 1.82) is 0 Å². The van der Waals surface area contributed by atoms with E-state index in [1.165, 1.54) is 0 Å². The minimum atomic E-state index is -1.09. The average molecular weight is 190 g/mol. The summed E-state index contributed by atoms with van der Waals surface area (Å²) in [7, 11) is 0. The van der Waals surface area contributed by atoms with Crippen LogP contribution in [0.1, 0.15) is 19.3 Å². The molecule has 0 aliphatic carbocycles. The first-order chi connectivity index (χ1) is 5.93. The summed E-state index contributed by atoms with van der Waals surface area (Å²) < 4.78 is 0. The second-order valence-corrected chi connectivity index (χ2v) is 2.88. The van der Waals surface area contributed by atoms with Gasteiger partial charge >= 0.3 is 11.9 Å². The molecule has 6 nitrogen and oxygen atoms in total. The van der Waals surface area contributed by atoms with E-state index >= 15 is 0 Å². The van der Waals surface area contributed by atoms with Gasteiger partial charge in [0, 0.05) is 6.04 Å². The Bertz CT molecular complexity index is 195. The molecular formula is C7H14N2O4. The molecule has 76 valence electrons. The zero-order valence-electron chi connectivity index (χ0n) is 7.14. The van der Waals surface area contributed by atoms with Crippen molar-refractivity contribution in [2.45, 2.75) is 31.3 Å². The summed E-state index contributed by atoms with van der Waals surface area (Å²) in [6, 6.07) is -1.48. The maximum absolute atomic E-state index is 10.3. The molecule has 0 aliphatic rings. The van der Waals surface area contributed by atoms with Crippen LogP contribution in [0.3, 0.4) is 0 Å². The van der Waals surface area contributed by atoms with Gasteiger partial charge in [-0.1, -0.05) is 0 Å². The van der Waals surface area contributed by atoms with E-state index in [1.54, 1.807) is 0 Å². The topological polar surface area (TPSA) is 127 Å². The monoisotopic (exact) mass is 190 g/mol.